The van der Waals surface area contributed by atoms with E-state index < -0.39 is 10.8 Å². The second-order valence-corrected chi connectivity index (χ2v) is 10.0. The van der Waals surface area contributed by atoms with Crippen LogP contribution in [0.15, 0.2) is 63.5 Å². The van der Waals surface area contributed by atoms with Gasteiger partial charge >= 0.3 is 0 Å². The third-order valence-electron chi connectivity index (χ3n) is 5.82. The van der Waals surface area contributed by atoms with Gasteiger partial charge in [0, 0.05) is 34.9 Å². The van der Waals surface area contributed by atoms with Crippen molar-refractivity contribution in [2.24, 2.45) is 0 Å². The number of fused-ring (bicyclic) bond motifs is 1. The topological polar surface area (TPSA) is 123 Å². The molecule has 0 bridgehead atoms. The van der Waals surface area contributed by atoms with Crippen molar-refractivity contribution in [3.63, 3.8) is 0 Å². The molecule has 1 aliphatic rings. The van der Waals surface area contributed by atoms with Gasteiger partial charge in [-0.3, -0.25) is 20.2 Å². The van der Waals surface area contributed by atoms with Crippen LogP contribution in [0, 0.1) is 10.1 Å². The average molecular weight is 617 g/mol. The van der Waals surface area contributed by atoms with Crippen molar-refractivity contribution in [2.75, 3.05) is 36.5 Å². The number of carbonyl (C=O) groups is 1. The number of amides is 1. The van der Waals surface area contributed by atoms with E-state index in [1.165, 1.54) is 12.1 Å². The van der Waals surface area contributed by atoms with Crippen molar-refractivity contribution in [3.8, 4) is 11.5 Å². The quantitative estimate of drug-likeness (QED) is 0.163. The van der Waals surface area contributed by atoms with Crippen LogP contribution in [0.25, 0.3) is 22.6 Å². The van der Waals surface area contributed by atoms with Gasteiger partial charge in [0.05, 0.1) is 28.7 Å². The number of halogens is 2. The Balaban J connectivity index is 1.29. The Labute approximate surface area is 235 Å². The summed E-state index contributed by atoms with van der Waals surface area (Å²) in [6.45, 7) is 2.04. The highest BCUT2D eigenvalue weighted by Crippen LogP contribution is 2.33. The van der Waals surface area contributed by atoms with Crippen LogP contribution in [-0.4, -0.2) is 47.2 Å². The molecule has 0 saturated carbocycles. The van der Waals surface area contributed by atoms with E-state index >= 15 is 0 Å². The van der Waals surface area contributed by atoms with Gasteiger partial charge in [-0.2, -0.15) is 0 Å². The number of nitro groups is 1. The summed E-state index contributed by atoms with van der Waals surface area (Å²) >= 11 is 15.0. The molecule has 2 heterocycles. The molecule has 1 fully saturated rings. The summed E-state index contributed by atoms with van der Waals surface area (Å²) in [5, 5.41) is 17.7. The van der Waals surface area contributed by atoms with E-state index in [1.54, 1.807) is 30.3 Å². The highest BCUT2D eigenvalue weighted by Gasteiger charge is 2.23. The number of rotatable bonds is 5. The summed E-state index contributed by atoms with van der Waals surface area (Å²) in [7, 11) is 0. The van der Waals surface area contributed by atoms with Crippen molar-refractivity contribution in [2.45, 2.75) is 0 Å². The third kappa shape index (κ3) is 5.63. The predicted octanol–water partition coefficient (Wildman–Crippen LogP) is 5.78. The van der Waals surface area contributed by atoms with Gasteiger partial charge in [-0.05, 0) is 60.7 Å². The van der Waals surface area contributed by atoms with Crippen LogP contribution in [0.5, 0.6) is 0 Å². The lowest BCUT2D eigenvalue weighted by Gasteiger charge is -2.28. The first-order chi connectivity index (χ1) is 18.3. The molecule has 5 rings (SSSR count). The first-order valence-corrected chi connectivity index (χ1v) is 13.0. The second-order valence-electron chi connectivity index (χ2n) is 8.29. The first-order valence-electron chi connectivity index (χ1n) is 11.4. The molecule has 1 amide bonds. The number of morpholine rings is 1. The highest BCUT2D eigenvalue weighted by atomic mass is 79.9. The first kappa shape index (κ1) is 26.0. The number of thiocarbonyl (C=S) groups is 1. The van der Waals surface area contributed by atoms with Crippen LogP contribution in [0.4, 0.5) is 17.1 Å². The molecular formula is C25H19BrClN5O5S. The fraction of sp³-hybridized carbons (Fsp3) is 0.160. The normalized spacial score (nSPS) is 13.4. The van der Waals surface area contributed by atoms with Gasteiger partial charge in [0.1, 0.15) is 11.2 Å². The molecule has 3 aromatic carbocycles. The number of hydrogen-bond donors (Lipinski definition) is 2. The van der Waals surface area contributed by atoms with E-state index in [1.807, 2.05) is 17.0 Å². The molecule has 2 N–H and O–H groups in total. The summed E-state index contributed by atoms with van der Waals surface area (Å²) < 4.78 is 12.0. The lowest BCUT2D eigenvalue weighted by Crippen LogP contribution is -2.37. The van der Waals surface area contributed by atoms with Crippen LogP contribution in [0.1, 0.15) is 10.4 Å². The number of nitrogens with one attached hydrogen (secondary N) is 2. The Morgan fingerprint density at radius 2 is 1.92 bits per heavy atom. The van der Waals surface area contributed by atoms with Crippen molar-refractivity contribution in [3.05, 3.63) is 79.8 Å². The number of nitrogens with zero attached hydrogens (tertiary/aromatic N) is 3. The van der Waals surface area contributed by atoms with Gasteiger partial charge < -0.3 is 19.4 Å². The lowest BCUT2D eigenvalue weighted by molar-refractivity contribution is -0.384. The maximum absolute atomic E-state index is 12.8. The largest absolute Gasteiger partial charge is 0.436 e. The predicted molar refractivity (Wildman–Crippen MR) is 152 cm³/mol. The molecule has 0 radical (unpaired) electrons. The maximum atomic E-state index is 12.8. The fourth-order valence-electron chi connectivity index (χ4n) is 4.00. The van der Waals surface area contributed by atoms with Gasteiger partial charge in [-0.25, -0.2) is 4.98 Å². The number of anilines is 2. The third-order valence-corrected chi connectivity index (χ3v) is 6.84. The molecule has 4 aromatic rings. The summed E-state index contributed by atoms with van der Waals surface area (Å²) in [5.74, 6) is -0.213. The van der Waals surface area contributed by atoms with Crippen molar-refractivity contribution in [1.82, 2.24) is 10.3 Å². The lowest BCUT2D eigenvalue weighted by atomic mass is 10.1. The Bertz CT molecular complexity index is 1570. The van der Waals surface area contributed by atoms with Crippen LogP contribution in [0.3, 0.4) is 0 Å². The van der Waals surface area contributed by atoms with E-state index in [0.29, 0.717) is 65.3 Å². The molecule has 194 valence electrons. The monoisotopic (exact) mass is 615 g/mol. The smallest absolute Gasteiger partial charge is 0.293 e. The van der Waals surface area contributed by atoms with Crippen LogP contribution in [0.2, 0.25) is 5.02 Å². The number of benzene rings is 3. The van der Waals surface area contributed by atoms with E-state index in [2.05, 4.69) is 31.5 Å². The number of ether oxygens (including phenoxy) is 1. The van der Waals surface area contributed by atoms with Gasteiger partial charge in [-0.15, -0.1) is 0 Å². The fourth-order valence-corrected chi connectivity index (χ4v) is 4.77. The molecule has 1 saturated heterocycles. The highest BCUT2D eigenvalue weighted by molar-refractivity contribution is 9.10. The summed E-state index contributed by atoms with van der Waals surface area (Å²) in [6, 6.07) is 14.9. The second kappa shape index (κ2) is 11.0. The molecule has 0 spiro atoms. The number of hydrogen-bond acceptors (Lipinski definition) is 8. The van der Waals surface area contributed by atoms with Crippen LogP contribution < -0.4 is 15.5 Å². The van der Waals surface area contributed by atoms with Crippen molar-refractivity contribution in [1.29, 1.82) is 0 Å². The van der Waals surface area contributed by atoms with Gasteiger partial charge in [0.2, 0.25) is 5.89 Å². The standard InChI is InChI=1S/C25H19BrClN5O5S/c26-15-2-4-18(27)17(12-15)24-29-19-13-16(3-6-22(19)37-24)28-25(38)30-23(33)14-1-5-20(21(11-14)32(34)35)31-7-9-36-10-8-31/h1-6,11-13H,7-10H2,(H2,28,30,33,38). The molecule has 13 heteroatoms. The molecule has 0 unspecified atom stereocenters. The summed E-state index contributed by atoms with van der Waals surface area (Å²) in [4.78, 5) is 30.4. The Morgan fingerprint density at radius 1 is 1.13 bits per heavy atom. The Kier molecular flexibility index (Phi) is 7.56. The molecule has 38 heavy (non-hydrogen) atoms. The van der Waals surface area contributed by atoms with Crippen molar-refractivity contribution >= 4 is 78.9 Å². The van der Waals surface area contributed by atoms with E-state index in [0.717, 1.165) is 4.47 Å². The van der Waals surface area contributed by atoms with Crippen LogP contribution in [-0.2, 0) is 4.74 Å². The molecule has 0 atom stereocenters. The van der Waals surface area contributed by atoms with E-state index in [9.17, 15) is 14.9 Å². The number of aromatic nitrogens is 1. The number of oxazole rings is 1. The molecule has 0 aliphatic carbocycles. The average Bonchev–Trinajstić information content (AvgIpc) is 3.33. The zero-order valence-corrected chi connectivity index (χ0v) is 22.7. The van der Waals surface area contributed by atoms with Gasteiger partial charge in [-0.1, -0.05) is 27.5 Å². The zero-order chi connectivity index (χ0) is 26.8. The minimum absolute atomic E-state index is 0.0213. The van der Waals surface area contributed by atoms with E-state index in [4.69, 9.17) is 33.0 Å². The Hall–Kier alpha value is -3.58. The maximum Gasteiger partial charge on any atom is 0.293 e. The van der Waals surface area contributed by atoms with Crippen molar-refractivity contribution < 1.29 is 18.9 Å². The molecule has 1 aliphatic heterocycles. The summed E-state index contributed by atoms with van der Waals surface area (Å²) in [5.41, 5.74) is 2.71. The molecule has 1 aromatic heterocycles. The minimum atomic E-state index is -0.576. The van der Waals surface area contributed by atoms with Gasteiger partial charge in [0.15, 0.2) is 10.7 Å². The minimum Gasteiger partial charge on any atom is -0.436 e. The SMILES string of the molecule is O=C(NC(=S)Nc1ccc2oc(-c3cc(Br)ccc3Cl)nc2c1)c1ccc(N2CCOCC2)c([N+](=O)[O-])c1. The summed E-state index contributed by atoms with van der Waals surface area (Å²) in [6.07, 6.45) is 0. The molecule has 10 nitrogen and oxygen atoms in total. The molecular weight excluding hydrogens is 598 g/mol. The number of carbonyl (C=O) groups excluding carboxylic acids is 1. The zero-order valence-electron chi connectivity index (χ0n) is 19.6. The van der Waals surface area contributed by atoms with Crippen LogP contribution >= 0.6 is 39.7 Å². The Morgan fingerprint density at radius 3 is 2.68 bits per heavy atom. The van der Waals surface area contributed by atoms with Gasteiger partial charge in [0.25, 0.3) is 11.6 Å². The van der Waals surface area contributed by atoms with E-state index in [-0.39, 0.29) is 16.4 Å². The number of nitro benzene ring substituents is 1.